The van der Waals surface area contributed by atoms with E-state index in [1.165, 1.54) is 0 Å². The summed E-state index contributed by atoms with van der Waals surface area (Å²) in [6, 6.07) is 12.5. The zero-order valence-corrected chi connectivity index (χ0v) is 14.2. The number of hydrogen-bond donors (Lipinski definition) is 1. The number of thiophene rings is 1. The number of benzene rings is 1. The summed E-state index contributed by atoms with van der Waals surface area (Å²) in [5.41, 5.74) is 0.912. The topological polar surface area (TPSA) is 64.0 Å². The molecule has 3 rings (SSSR count). The molecular formula is C16H17N3O2S2. The largest absolute Gasteiger partial charge is 0.263 e. The van der Waals surface area contributed by atoms with E-state index in [9.17, 15) is 8.42 Å². The van der Waals surface area contributed by atoms with E-state index in [2.05, 4.69) is 9.82 Å². The molecule has 1 N–H and O–H groups in total. The van der Waals surface area contributed by atoms with Gasteiger partial charge in [-0.25, -0.2) is 13.1 Å². The molecule has 0 saturated carbocycles. The van der Waals surface area contributed by atoms with Crippen molar-refractivity contribution in [2.75, 3.05) is 6.54 Å². The molecule has 5 nitrogen and oxygen atoms in total. The molecule has 0 spiro atoms. The molecule has 2 aromatic heterocycles. The highest BCUT2D eigenvalue weighted by atomic mass is 32.2. The lowest BCUT2D eigenvalue weighted by Crippen LogP contribution is -2.31. The van der Waals surface area contributed by atoms with Crippen LogP contribution in [-0.2, 0) is 10.0 Å². The van der Waals surface area contributed by atoms with Crippen molar-refractivity contribution >= 4 is 21.4 Å². The van der Waals surface area contributed by atoms with E-state index in [1.54, 1.807) is 40.4 Å². The van der Waals surface area contributed by atoms with Crippen LogP contribution in [0.1, 0.15) is 16.5 Å². The van der Waals surface area contributed by atoms with Crippen molar-refractivity contribution in [2.24, 2.45) is 0 Å². The molecule has 0 aliphatic heterocycles. The number of nitrogens with zero attached hydrogens (tertiary/aromatic N) is 2. The number of rotatable bonds is 6. The van der Waals surface area contributed by atoms with Gasteiger partial charge in [0.15, 0.2) is 0 Å². The molecule has 1 aromatic carbocycles. The van der Waals surface area contributed by atoms with Crippen LogP contribution in [0.5, 0.6) is 0 Å². The van der Waals surface area contributed by atoms with Crippen LogP contribution in [0.3, 0.4) is 0 Å². The predicted molar refractivity (Wildman–Crippen MR) is 91.1 cm³/mol. The van der Waals surface area contributed by atoms with Crippen molar-refractivity contribution in [1.82, 2.24) is 14.5 Å². The molecule has 0 amide bonds. The van der Waals surface area contributed by atoms with Crippen molar-refractivity contribution in [2.45, 2.75) is 17.9 Å². The number of aromatic nitrogens is 2. The zero-order valence-electron chi connectivity index (χ0n) is 12.6. The van der Waals surface area contributed by atoms with Gasteiger partial charge >= 0.3 is 0 Å². The van der Waals surface area contributed by atoms with E-state index >= 15 is 0 Å². The Labute approximate surface area is 139 Å². The zero-order chi connectivity index (χ0) is 16.3. The van der Waals surface area contributed by atoms with Gasteiger partial charge in [0.05, 0.1) is 10.9 Å². The lowest BCUT2D eigenvalue weighted by molar-refractivity contribution is 0.511. The summed E-state index contributed by atoms with van der Waals surface area (Å²) >= 11 is 1.58. The third-order valence-corrected chi connectivity index (χ3v) is 5.88. The molecule has 0 bridgehead atoms. The molecule has 0 aliphatic rings. The van der Waals surface area contributed by atoms with Gasteiger partial charge in [-0.2, -0.15) is 5.10 Å². The summed E-state index contributed by atoms with van der Waals surface area (Å²) in [4.78, 5) is 1.34. The molecule has 1 unspecified atom stereocenters. The third kappa shape index (κ3) is 3.69. The first kappa shape index (κ1) is 15.9. The molecule has 23 heavy (non-hydrogen) atoms. The smallest absolute Gasteiger partial charge is 0.240 e. The molecule has 2 heterocycles. The van der Waals surface area contributed by atoms with Gasteiger partial charge in [0, 0.05) is 23.8 Å². The average Bonchev–Trinajstić information content (AvgIpc) is 3.21. The van der Waals surface area contributed by atoms with E-state index in [0.29, 0.717) is 0 Å². The second-order valence-electron chi connectivity index (χ2n) is 5.19. The SMILES string of the molecule is Cc1cccc(S(=O)(=O)NCC(c2cccs2)n2cccn2)c1. The van der Waals surface area contributed by atoms with Crippen molar-refractivity contribution in [3.8, 4) is 0 Å². The number of nitrogens with one attached hydrogen (secondary N) is 1. The Kier molecular flexibility index (Phi) is 4.61. The predicted octanol–water partition coefficient (Wildman–Crippen LogP) is 2.82. The minimum absolute atomic E-state index is 0.162. The standard InChI is InChI=1S/C16H17N3O2S2/c1-13-5-2-6-14(11-13)23(20,21)18-12-15(16-7-3-10-22-16)19-9-4-8-17-19/h2-11,15,18H,12H2,1H3. The van der Waals surface area contributed by atoms with Gasteiger partial charge in [-0.1, -0.05) is 18.2 Å². The molecular weight excluding hydrogens is 330 g/mol. The van der Waals surface area contributed by atoms with Crippen molar-refractivity contribution < 1.29 is 8.42 Å². The van der Waals surface area contributed by atoms with Crippen LogP contribution in [0.25, 0.3) is 0 Å². The third-order valence-electron chi connectivity index (χ3n) is 3.48. The van der Waals surface area contributed by atoms with Crippen molar-refractivity contribution in [3.63, 3.8) is 0 Å². The van der Waals surface area contributed by atoms with Gasteiger partial charge in [0.2, 0.25) is 10.0 Å². The lowest BCUT2D eigenvalue weighted by Gasteiger charge is -2.17. The summed E-state index contributed by atoms with van der Waals surface area (Å²) in [7, 11) is -3.55. The Morgan fingerprint density at radius 3 is 2.78 bits per heavy atom. The van der Waals surface area contributed by atoms with Crippen LogP contribution < -0.4 is 4.72 Å². The van der Waals surface area contributed by atoms with E-state index in [4.69, 9.17) is 0 Å². The van der Waals surface area contributed by atoms with Crippen molar-refractivity contribution in [1.29, 1.82) is 0 Å². The summed E-state index contributed by atoms with van der Waals surface area (Å²) in [6.07, 6.45) is 3.53. The molecule has 0 fully saturated rings. The van der Waals surface area contributed by atoms with E-state index in [-0.39, 0.29) is 17.5 Å². The van der Waals surface area contributed by atoms with Crippen LogP contribution in [0.15, 0.2) is 65.1 Å². The van der Waals surface area contributed by atoms with Gasteiger partial charge < -0.3 is 0 Å². The van der Waals surface area contributed by atoms with Gasteiger partial charge in [0.1, 0.15) is 0 Å². The Hall–Kier alpha value is -1.96. The van der Waals surface area contributed by atoms with Crippen LogP contribution >= 0.6 is 11.3 Å². The molecule has 0 aliphatic carbocycles. The maximum atomic E-state index is 12.5. The van der Waals surface area contributed by atoms with E-state index < -0.39 is 10.0 Å². The summed E-state index contributed by atoms with van der Waals surface area (Å²) < 4.78 is 29.4. The first-order valence-corrected chi connectivity index (χ1v) is 9.51. The van der Waals surface area contributed by atoms with Gasteiger partial charge in [-0.15, -0.1) is 11.3 Å². The second-order valence-corrected chi connectivity index (χ2v) is 7.93. The summed E-state index contributed by atoms with van der Waals surface area (Å²) in [5, 5.41) is 6.22. The van der Waals surface area contributed by atoms with Gasteiger partial charge in [-0.3, -0.25) is 4.68 Å². The first-order valence-electron chi connectivity index (χ1n) is 7.15. The number of hydrogen-bond acceptors (Lipinski definition) is 4. The van der Waals surface area contributed by atoms with Gasteiger partial charge in [-0.05, 0) is 42.1 Å². The Balaban J connectivity index is 1.82. The Bertz CT molecular complexity index is 822. The average molecular weight is 347 g/mol. The number of aryl methyl sites for hydroxylation is 1. The highest BCUT2D eigenvalue weighted by Crippen LogP contribution is 2.22. The normalized spacial score (nSPS) is 13.1. The van der Waals surface area contributed by atoms with Gasteiger partial charge in [0.25, 0.3) is 0 Å². The maximum absolute atomic E-state index is 12.5. The highest BCUT2D eigenvalue weighted by Gasteiger charge is 2.20. The molecule has 1 atom stereocenters. The number of sulfonamides is 1. The van der Waals surface area contributed by atoms with Crippen LogP contribution in [-0.4, -0.2) is 24.7 Å². The van der Waals surface area contributed by atoms with E-state index in [0.717, 1.165) is 10.4 Å². The molecule has 7 heteroatoms. The van der Waals surface area contributed by atoms with E-state index in [1.807, 2.05) is 42.8 Å². The first-order chi connectivity index (χ1) is 11.1. The minimum Gasteiger partial charge on any atom is -0.263 e. The molecule has 0 saturated heterocycles. The van der Waals surface area contributed by atoms with Crippen LogP contribution in [0, 0.1) is 6.92 Å². The second kappa shape index (κ2) is 6.66. The minimum atomic E-state index is -3.55. The molecule has 3 aromatic rings. The lowest BCUT2D eigenvalue weighted by atomic mass is 10.2. The Morgan fingerprint density at radius 1 is 1.26 bits per heavy atom. The van der Waals surface area contributed by atoms with Crippen LogP contribution in [0.2, 0.25) is 0 Å². The van der Waals surface area contributed by atoms with Crippen LogP contribution in [0.4, 0.5) is 0 Å². The fraction of sp³-hybridized carbons (Fsp3) is 0.188. The monoisotopic (exact) mass is 347 g/mol. The highest BCUT2D eigenvalue weighted by molar-refractivity contribution is 7.89. The molecule has 0 radical (unpaired) electrons. The van der Waals surface area contributed by atoms with Crippen molar-refractivity contribution in [3.05, 3.63) is 70.7 Å². The maximum Gasteiger partial charge on any atom is 0.240 e. The fourth-order valence-electron chi connectivity index (χ4n) is 2.32. The summed E-state index contributed by atoms with van der Waals surface area (Å²) in [5.74, 6) is 0. The fourth-order valence-corrected chi connectivity index (χ4v) is 4.29. The molecule has 120 valence electrons. The quantitative estimate of drug-likeness (QED) is 0.746. The Morgan fingerprint density at radius 2 is 2.13 bits per heavy atom. The summed E-state index contributed by atoms with van der Waals surface area (Å²) in [6.45, 7) is 2.12.